The van der Waals surface area contributed by atoms with E-state index in [1.54, 1.807) is 10.9 Å². The highest BCUT2D eigenvalue weighted by Gasteiger charge is 2.24. The number of aromatic nitrogens is 2. The molecular formula is C13H14N4OS. The van der Waals surface area contributed by atoms with Crippen molar-refractivity contribution in [3.8, 4) is 0 Å². The highest BCUT2D eigenvalue weighted by molar-refractivity contribution is 7.99. The Hall–Kier alpha value is -1.95. The minimum atomic E-state index is -0.586. The zero-order valence-corrected chi connectivity index (χ0v) is 11.1. The fraction of sp³-hybridized carbons (Fsp3) is 0.231. The zero-order valence-electron chi connectivity index (χ0n) is 10.2. The Morgan fingerprint density at radius 2 is 2.26 bits per heavy atom. The third kappa shape index (κ3) is 2.19. The maximum Gasteiger partial charge on any atom is 0.271 e. The van der Waals surface area contributed by atoms with Crippen LogP contribution in [0.2, 0.25) is 0 Å². The summed E-state index contributed by atoms with van der Waals surface area (Å²) in [5.41, 5.74) is 12.8. The molecule has 0 saturated heterocycles. The number of hydrogen-bond donors (Lipinski definition) is 2. The second-order valence-corrected chi connectivity index (χ2v) is 5.63. The van der Waals surface area contributed by atoms with Gasteiger partial charge in [0.05, 0.1) is 5.69 Å². The van der Waals surface area contributed by atoms with Gasteiger partial charge in [-0.3, -0.25) is 9.48 Å². The molecule has 1 aromatic heterocycles. The molecule has 3 rings (SSSR count). The van der Waals surface area contributed by atoms with E-state index in [-0.39, 0.29) is 5.69 Å². The van der Waals surface area contributed by atoms with Crippen molar-refractivity contribution >= 4 is 23.4 Å². The monoisotopic (exact) mass is 274 g/mol. The molecule has 1 aromatic carbocycles. The Kier molecular flexibility index (Phi) is 2.94. The molecule has 4 N–H and O–H groups in total. The lowest BCUT2D eigenvalue weighted by Crippen LogP contribution is -2.15. The summed E-state index contributed by atoms with van der Waals surface area (Å²) in [7, 11) is 0. The van der Waals surface area contributed by atoms with Crippen molar-refractivity contribution < 1.29 is 4.79 Å². The molecule has 1 unspecified atom stereocenters. The second-order valence-electron chi connectivity index (χ2n) is 4.57. The first-order chi connectivity index (χ1) is 9.15. The first kappa shape index (κ1) is 12.1. The maximum absolute atomic E-state index is 11.1. The number of nitrogen functional groups attached to an aromatic ring is 1. The summed E-state index contributed by atoms with van der Waals surface area (Å²) in [5, 5.41) is 4.15. The fourth-order valence-corrected chi connectivity index (χ4v) is 3.57. The van der Waals surface area contributed by atoms with E-state index < -0.39 is 5.91 Å². The van der Waals surface area contributed by atoms with E-state index in [1.807, 2.05) is 23.9 Å². The molecule has 0 radical (unpaired) electrons. The normalized spacial score (nSPS) is 17.4. The number of nitrogens with zero attached hydrogens (tertiary/aromatic N) is 2. The maximum atomic E-state index is 11.1. The Labute approximate surface area is 115 Å². The highest BCUT2D eigenvalue weighted by atomic mass is 32.2. The molecule has 1 aliphatic heterocycles. The van der Waals surface area contributed by atoms with Gasteiger partial charge in [-0.15, -0.1) is 11.8 Å². The molecule has 0 fully saturated rings. The number of rotatable bonds is 3. The third-order valence-electron chi connectivity index (χ3n) is 3.23. The van der Waals surface area contributed by atoms with Crippen molar-refractivity contribution in [1.29, 1.82) is 0 Å². The molecule has 2 heterocycles. The number of carbonyl (C=O) groups is 1. The minimum absolute atomic E-state index is 0.152. The molecule has 98 valence electrons. The third-order valence-corrected chi connectivity index (χ3v) is 4.48. The lowest BCUT2D eigenvalue weighted by atomic mass is 10.0. The van der Waals surface area contributed by atoms with Crippen LogP contribution in [0.25, 0.3) is 0 Å². The van der Waals surface area contributed by atoms with Crippen LogP contribution in [0.1, 0.15) is 22.0 Å². The van der Waals surface area contributed by atoms with Crippen LogP contribution in [-0.2, 0) is 6.54 Å². The predicted molar refractivity (Wildman–Crippen MR) is 75.1 cm³/mol. The van der Waals surface area contributed by atoms with E-state index in [2.05, 4.69) is 17.2 Å². The first-order valence-electron chi connectivity index (χ1n) is 5.99. The summed E-state index contributed by atoms with van der Waals surface area (Å²) in [6.07, 6.45) is 1.67. The summed E-state index contributed by atoms with van der Waals surface area (Å²) in [4.78, 5) is 12.5. The standard InChI is InChI=1S/C13H14N4OS/c14-10-6-17(16-12(10)13(15)18)5-8-7-19-11-4-2-1-3-9(8)11/h1-4,6,8H,5,7,14H2,(H2,15,18). The van der Waals surface area contributed by atoms with Gasteiger partial charge in [-0.05, 0) is 11.6 Å². The molecule has 0 spiro atoms. The fourth-order valence-electron chi connectivity index (χ4n) is 2.33. The van der Waals surface area contributed by atoms with Gasteiger partial charge in [0, 0.05) is 29.3 Å². The van der Waals surface area contributed by atoms with Gasteiger partial charge in [-0.25, -0.2) is 0 Å². The van der Waals surface area contributed by atoms with Gasteiger partial charge in [0.2, 0.25) is 0 Å². The molecule has 0 aliphatic carbocycles. The van der Waals surface area contributed by atoms with Crippen molar-refractivity contribution in [1.82, 2.24) is 9.78 Å². The van der Waals surface area contributed by atoms with Gasteiger partial charge >= 0.3 is 0 Å². The van der Waals surface area contributed by atoms with E-state index in [0.29, 0.717) is 18.2 Å². The SMILES string of the molecule is NC(=O)c1nn(CC2CSc3ccccc32)cc1N. The van der Waals surface area contributed by atoms with Crippen molar-refractivity contribution in [2.24, 2.45) is 5.73 Å². The topological polar surface area (TPSA) is 86.9 Å². The van der Waals surface area contributed by atoms with E-state index >= 15 is 0 Å². The van der Waals surface area contributed by atoms with Crippen molar-refractivity contribution in [2.45, 2.75) is 17.4 Å². The number of benzene rings is 1. The Bertz CT molecular complexity index is 637. The summed E-state index contributed by atoms with van der Waals surface area (Å²) < 4.78 is 1.71. The van der Waals surface area contributed by atoms with E-state index in [9.17, 15) is 4.79 Å². The molecule has 6 heteroatoms. The lowest BCUT2D eigenvalue weighted by Gasteiger charge is -2.10. The van der Waals surface area contributed by atoms with Crippen LogP contribution in [0.3, 0.4) is 0 Å². The molecule has 1 atom stereocenters. The molecule has 0 saturated carbocycles. The number of carbonyl (C=O) groups excluding carboxylic acids is 1. The van der Waals surface area contributed by atoms with Crippen LogP contribution in [0.4, 0.5) is 5.69 Å². The van der Waals surface area contributed by atoms with Gasteiger partial charge in [0.1, 0.15) is 0 Å². The van der Waals surface area contributed by atoms with Crippen molar-refractivity contribution in [3.63, 3.8) is 0 Å². The number of primary amides is 1. The Balaban J connectivity index is 1.84. The van der Waals surface area contributed by atoms with Crippen molar-refractivity contribution in [2.75, 3.05) is 11.5 Å². The van der Waals surface area contributed by atoms with Crippen LogP contribution in [0.15, 0.2) is 35.4 Å². The molecular weight excluding hydrogens is 260 g/mol. The molecule has 2 aromatic rings. The number of fused-ring (bicyclic) bond motifs is 1. The van der Waals surface area contributed by atoms with Gasteiger partial charge in [-0.2, -0.15) is 5.10 Å². The number of amides is 1. The van der Waals surface area contributed by atoms with Crippen LogP contribution in [0.5, 0.6) is 0 Å². The van der Waals surface area contributed by atoms with Crippen LogP contribution < -0.4 is 11.5 Å². The van der Waals surface area contributed by atoms with E-state index in [0.717, 1.165) is 5.75 Å². The second kappa shape index (κ2) is 4.62. The molecule has 0 bridgehead atoms. The largest absolute Gasteiger partial charge is 0.396 e. The van der Waals surface area contributed by atoms with Gasteiger partial charge in [0.15, 0.2) is 5.69 Å². The van der Waals surface area contributed by atoms with Crippen LogP contribution >= 0.6 is 11.8 Å². The Morgan fingerprint density at radius 1 is 1.47 bits per heavy atom. The first-order valence-corrected chi connectivity index (χ1v) is 6.98. The minimum Gasteiger partial charge on any atom is -0.396 e. The van der Waals surface area contributed by atoms with Gasteiger partial charge in [0.25, 0.3) is 5.91 Å². The van der Waals surface area contributed by atoms with Gasteiger partial charge < -0.3 is 11.5 Å². The Morgan fingerprint density at radius 3 is 3.00 bits per heavy atom. The number of thioether (sulfide) groups is 1. The zero-order chi connectivity index (χ0) is 13.4. The number of anilines is 1. The summed E-state index contributed by atoms with van der Waals surface area (Å²) in [6, 6.07) is 8.36. The average Bonchev–Trinajstić information content (AvgIpc) is 2.95. The summed E-state index contributed by atoms with van der Waals surface area (Å²) >= 11 is 1.85. The number of hydrogen-bond acceptors (Lipinski definition) is 4. The number of nitrogens with two attached hydrogens (primary N) is 2. The smallest absolute Gasteiger partial charge is 0.271 e. The molecule has 1 amide bonds. The van der Waals surface area contributed by atoms with E-state index in [1.165, 1.54) is 10.5 Å². The van der Waals surface area contributed by atoms with Crippen LogP contribution in [-0.4, -0.2) is 21.4 Å². The van der Waals surface area contributed by atoms with Crippen molar-refractivity contribution in [3.05, 3.63) is 41.7 Å². The van der Waals surface area contributed by atoms with Crippen LogP contribution in [0, 0.1) is 0 Å². The lowest BCUT2D eigenvalue weighted by molar-refractivity contribution is 0.0995. The summed E-state index contributed by atoms with van der Waals surface area (Å²) in [6.45, 7) is 0.710. The van der Waals surface area contributed by atoms with Gasteiger partial charge in [-0.1, -0.05) is 18.2 Å². The average molecular weight is 274 g/mol. The predicted octanol–water partition coefficient (Wildman–Crippen LogP) is 1.45. The highest BCUT2D eigenvalue weighted by Crippen LogP contribution is 2.40. The molecule has 5 nitrogen and oxygen atoms in total. The summed E-state index contributed by atoms with van der Waals surface area (Å²) in [5.74, 6) is 0.823. The molecule has 1 aliphatic rings. The molecule has 19 heavy (non-hydrogen) atoms. The van der Waals surface area contributed by atoms with E-state index in [4.69, 9.17) is 11.5 Å². The quantitative estimate of drug-likeness (QED) is 0.887.